The number of halogens is 1. The Bertz CT molecular complexity index is 676. The Morgan fingerprint density at radius 3 is 2.08 bits per heavy atom. The molecule has 5 nitrogen and oxygen atoms in total. The Hall–Kier alpha value is -1.41. The van der Waals surface area contributed by atoms with Crippen LogP contribution in [0.4, 0.5) is 0 Å². The molecule has 142 valence electrons. The van der Waals surface area contributed by atoms with Crippen molar-refractivity contribution in [3.63, 3.8) is 0 Å². The minimum Gasteiger partial charge on any atom is -0.459 e. The molecule has 2 rings (SSSR count). The van der Waals surface area contributed by atoms with E-state index in [2.05, 4.69) is 62.2 Å². The average Bonchev–Trinajstić information content (AvgIpc) is 2.52. The van der Waals surface area contributed by atoms with Crippen molar-refractivity contribution >= 4 is 34.5 Å². The molecule has 0 radical (unpaired) electrons. The zero-order valence-corrected chi connectivity index (χ0v) is 18.1. The molecule has 1 aromatic rings. The van der Waals surface area contributed by atoms with Crippen LogP contribution in [0, 0.1) is 3.57 Å². The lowest BCUT2D eigenvalue weighted by molar-refractivity contribution is -0.153. The van der Waals surface area contributed by atoms with Gasteiger partial charge in [0, 0.05) is 39.6 Å². The number of esters is 2. The van der Waals surface area contributed by atoms with Crippen LogP contribution < -0.4 is 4.74 Å². The van der Waals surface area contributed by atoms with E-state index < -0.39 is 11.9 Å². The summed E-state index contributed by atoms with van der Waals surface area (Å²) in [4.78, 5) is 26.2. The second-order valence-electron chi connectivity index (χ2n) is 7.86. The highest BCUT2D eigenvalue weighted by Crippen LogP contribution is 2.38. The van der Waals surface area contributed by atoms with Crippen molar-refractivity contribution in [2.75, 3.05) is 7.05 Å². The first kappa shape index (κ1) is 20.9. The SMILES string of the molecule is CN1C(C)(C)CC(OC(=O)/C=C/C(=O)Oc2ccc(I)cc2)CC1(C)C. The number of benzene rings is 1. The molecule has 6 heteroatoms. The Labute approximate surface area is 168 Å². The van der Waals surface area contributed by atoms with Crippen molar-refractivity contribution in [2.24, 2.45) is 0 Å². The fraction of sp³-hybridized carbons (Fsp3) is 0.500. The Kier molecular flexibility index (Phi) is 6.50. The van der Waals surface area contributed by atoms with Crippen LogP contribution in [0.15, 0.2) is 36.4 Å². The first-order valence-electron chi connectivity index (χ1n) is 8.60. The van der Waals surface area contributed by atoms with Gasteiger partial charge in [-0.2, -0.15) is 0 Å². The molecule has 0 saturated carbocycles. The second-order valence-corrected chi connectivity index (χ2v) is 9.11. The molecule has 0 unspecified atom stereocenters. The molecule has 1 aromatic carbocycles. The smallest absolute Gasteiger partial charge is 0.336 e. The monoisotopic (exact) mass is 471 g/mol. The van der Waals surface area contributed by atoms with Gasteiger partial charge < -0.3 is 9.47 Å². The fourth-order valence-corrected chi connectivity index (χ4v) is 3.72. The molecule has 0 amide bonds. The first-order valence-corrected chi connectivity index (χ1v) is 9.67. The lowest BCUT2D eigenvalue weighted by Crippen LogP contribution is -2.60. The molecule has 1 heterocycles. The second kappa shape index (κ2) is 8.08. The summed E-state index contributed by atoms with van der Waals surface area (Å²) in [6.07, 6.45) is 3.55. The molecule has 1 fully saturated rings. The van der Waals surface area contributed by atoms with Gasteiger partial charge in [0.1, 0.15) is 11.9 Å². The Balaban J connectivity index is 1.90. The summed E-state index contributed by atoms with van der Waals surface area (Å²) in [5.74, 6) is -0.690. The highest BCUT2D eigenvalue weighted by atomic mass is 127. The fourth-order valence-electron chi connectivity index (χ4n) is 3.36. The number of nitrogens with zero attached hydrogens (tertiary/aromatic N) is 1. The highest BCUT2D eigenvalue weighted by molar-refractivity contribution is 14.1. The summed E-state index contributed by atoms with van der Waals surface area (Å²) in [6.45, 7) is 8.57. The zero-order valence-electron chi connectivity index (χ0n) is 15.9. The van der Waals surface area contributed by atoms with Crippen LogP contribution in [0.5, 0.6) is 5.75 Å². The van der Waals surface area contributed by atoms with Gasteiger partial charge in [0.25, 0.3) is 0 Å². The molecule has 1 aliphatic heterocycles. The largest absolute Gasteiger partial charge is 0.459 e. The summed E-state index contributed by atoms with van der Waals surface area (Å²) in [5.41, 5.74) is -0.139. The van der Waals surface area contributed by atoms with Gasteiger partial charge in [0.15, 0.2) is 0 Å². The third-order valence-electron chi connectivity index (χ3n) is 4.94. The molecule has 1 saturated heterocycles. The van der Waals surface area contributed by atoms with Crippen molar-refractivity contribution in [3.8, 4) is 5.75 Å². The summed E-state index contributed by atoms with van der Waals surface area (Å²) < 4.78 is 11.8. The van der Waals surface area contributed by atoms with Crippen molar-refractivity contribution in [1.29, 1.82) is 0 Å². The van der Waals surface area contributed by atoms with Gasteiger partial charge >= 0.3 is 11.9 Å². The number of ether oxygens (including phenoxy) is 2. The maximum atomic E-state index is 12.1. The number of likely N-dealkylation sites (tertiary alicyclic amines) is 1. The van der Waals surface area contributed by atoms with Crippen LogP contribution in [0.3, 0.4) is 0 Å². The van der Waals surface area contributed by atoms with E-state index in [1.807, 2.05) is 12.1 Å². The van der Waals surface area contributed by atoms with Crippen LogP contribution in [0.1, 0.15) is 40.5 Å². The third-order valence-corrected chi connectivity index (χ3v) is 5.66. The quantitative estimate of drug-likeness (QED) is 0.288. The van der Waals surface area contributed by atoms with Gasteiger partial charge in [-0.3, -0.25) is 4.90 Å². The predicted octanol–water partition coefficient (Wildman–Crippen LogP) is 3.95. The van der Waals surface area contributed by atoms with Crippen LogP contribution >= 0.6 is 22.6 Å². The molecule has 0 aromatic heterocycles. The minimum atomic E-state index is -0.604. The standard InChI is InChI=1S/C20H26INO4/c1-19(2)12-16(13-20(3,4)22(19)5)26-18(24)11-10-17(23)25-15-8-6-14(21)7-9-15/h6-11,16H,12-13H2,1-5H3/b11-10+. The van der Waals surface area contributed by atoms with E-state index in [9.17, 15) is 9.59 Å². The summed E-state index contributed by atoms with van der Waals surface area (Å²) in [6, 6.07) is 7.08. The van der Waals surface area contributed by atoms with E-state index in [4.69, 9.17) is 9.47 Å². The number of piperidine rings is 1. The molecule has 26 heavy (non-hydrogen) atoms. The summed E-state index contributed by atoms with van der Waals surface area (Å²) in [7, 11) is 2.10. The van der Waals surface area contributed by atoms with Crippen molar-refractivity contribution < 1.29 is 19.1 Å². The van der Waals surface area contributed by atoms with Crippen LogP contribution in [-0.4, -0.2) is 41.1 Å². The van der Waals surface area contributed by atoms with Gasteiger partial charge in [-0.1, -0.05) is 0 Å². The van der Waals surface area contributed by atoms with Crippen LogP contribution in [0.25, 0.3) is 0 Å². The average molecular weight is 471 g/mol. The summed E-state index contributed by atoms with van der Waals surface area (Å²) in [5, 5.41) is 0. The zero-order chi connectivity index (χ0) is 19.5. The number of carbonyl (C=O) groups excluding carboxylic acids is 2. The molecule has 1 aliphatic rings. The van der Waals surface area contributed by atoms with E-state index in [-0.39, 0.29) is 17.2 Å². The van der Waals surface area contributed by atoms with E-state index >= 15 is 0 Å². The van der Waals surface area contributed by atoms with Crippen molar-refractivity contribution in [2.45, 2.75) is 57.7 Å². The number of rotatable bonds is 4. The number of carbonyl (C=O) groups is 2. The van der Waals surface area contributed by atoms with Crippen molar-refractivity contribution in [1.82, 2.24) is 4.90 Å². The van der Waals surface area contributed by atoms with E-state index in [1.165, 1.54) is 0 Å². The Morgan fingerprint density at radius 2 is 1.54 bits per heavy atom. The van der Waals surface area contributed by atoms with Crippen LogP contribution in [0.2, 0.25) is 0 Å². The van der Waals surface area contributed by atoms with Gasteiger partial charge in [-0.15, -0.1) is 0 Å². The molecule has 0 N–H and O–H groups in total. The Morgan fingerprint density at radius 1 is 1.04 bits per heavy atom. The minimum absolute atomic E-state index is 0.0693. The maximum Gasteiger partial charge on any atom is 0.336 e. The van der Waals surface area contributed by atoms with E-state index in [0.717, 1.165) is 28.6 Å². The van der Waals surface area contributed by atoms with Gasteiger partial charge in [-0.05, 0) is 81.6 Å². The van der Waals surface area contributed by atoms with Gasteiger partial charge in [-0.25, -0.2) is 9.59 Å². The molecular formula is C20H26INO4. The topological polar surface area (TPSA) is 55.8 Å². The van der Waals surface area contributed by atoms with E-state index in [0.29, 0.717) is 5.75 Å². The normalized spacial score (nSPS) is 20.1. The lowest BCUT2D eigenvalue weighted by atomic mass is 9.79. The molecule has 0 atom stereocenters. The molecule has 0 aliphatic carbocycles. The first-order chi connectivity index (χ1) is 12.0. The number of hydrogen-bond donors (Lipinski definition) is 0. The van der Waals surface area contributed by atoms with Crippen molar-refractivity contribution in [3.05, 3.63) is 40.0 Å². The highest BCUT2D eigenvalue weighted by Gasteiger charge is 2.44. The van der Waals surface area contributed by atoms with Gasteiger partial charge in [0.05, 0.1) is 0 Å². The maximum absolute atomic E-state index is 12.1. The molecular weight excluding hydrogens is 445 g/mol. The summed E-state index contributed by atoms with van der Waals surface area (Å²) >= 11 is 2.17. The third kappa shape index (κ3) is 5.54. The van der Waals surface area contributed by atoms with E-state index in [1.54, 1.807) is 12.1 Å². The number of hydrogen-bond acceptors (Lipinski definition) is 5. The van der Waals surface area contributed by atoms with Crippen LogP contribution in [-0.2, 0) is 14.3 Å². The lowest BCUT2D eigenvalue weighted by Gasteiger charge is -2.53. The molecule has 0 spiro atoms. The predicted molar refractivity (Wildman–Crippen MR) is 109 cm³/mol. The molecule has 0 bridgehead atoms. The van der Waals surface area contributed by atoms with Gasteiger partial charge in [0.2, 0.25) is 0 Å².